The summed E-state index contributed by atoms with van der Waals surface area (Å²) in [7, 11) is 0. The van der Waals surface area contributed by atoms with Crippen molar-refractivity contribution in [2.24, 2.45) is 0 Å². The smallest absolute Gasteiger partial charge is 0.251 e. The number of amides is 1. The van der Waals surface area contributed by atoms with Crippen LogP contribution in [0.4, 0.5) is 0 Å². The summed E-state index contributed by atoms with van der Waals surface area (Å²) in [5, 5.41) is 12.4. The fourth-order valence-electron chi connectivity index (χ4n) is 1.99. The Labute approximate surface area is 118 Å². The Morgan fingerprint density at radius 1 is 1.42 bits per heavy atom. The molecule has 4 nitrogen and oxygen atoms in total. The van der Waals surface area contributed by atoms with E-state index in [0.29, 0.717) is 23.6 Å². The van der Waals surface area contributed by atoms with Gasteiger partial charge in [-0.25, -0.2) is 4.98 Å². The molecular weight excluding hydrogens is 264 g/mol. The lowest BCUT2D eigenvalue weighted by atomic mass is 9.89. The number of carbonyl (C=O) groups excluding carboxylic acids is 1. The summed E-state index contributed by atoms with van der Waals surface area (Å²) >= 11 is 5.98. The van der Waals surface area contributed by atoms with E-state index < -0.39 is 0 Å². The van der Waals surface area contributed by atoms with Crippen LogP contribution in [0.1, 0.15) is 49.7 Å². The molecule has 1 aliphatic rings. The Hall–Kier alpha value is -1.13. The van der Waals surface area contributed by atoms with Crippen molar-refractivity contribution in [3.8, 4) is 0 Å². The summed E-state index contributed by atoms with van der Waals surface area (Å²) in [4.78, 5) is 16.4. The highest BCUT2D eigenvalue weighted by Gasteiger charge is 2.29. The molecule has 0 unspecified atom stereocenters. The molecule has 1 aromatic rings. The van der Waals surface area contributed by atoms with Gasteiger partial charge in [0.25, 0.3) is 5.91 Å². The molecule has 104 valence electrons. The van der Waals surface area contributed by atoms with Crippen molar-refractivity contribution in [2.45, 2.75) is 51.2 Å². The van der Waals surface area contributed by atoms with Crippen LogP contribution in [0.25, 0.3) is 0 Å². The van der Waals surface area contributed by atoms with Gasteiger partial charge in [0.05, 0.1) is 6.10 Å². The molecule has 0 radical (unpaired) electrons. The third kappa shape index (κ3) is 3.45. The molecule has 0 spiro atoms. The van der Waals surface area contributed by atoms with Crippen molar-refractivity contribution in [3.63, 3.8) is 0 Å². The monoisotopic (exact) mass is 282 g/mol. The molecule has 2 N–H and O–H groups in total. The number of hydrogen-bond donors (Lipinski definition) is 2. The Morgan fingerprint density at radius 3 is 2.58 bits per heavy atom. The van der Waals surface area contributed by atoms with E-state index >= 15 is 0 Å². The van der Waals surface area contributed by atoms with E-state index in [1.54, 1.807) is 12.1 Å². The first-order valence-electron chi connectivity index (χ1n) is 6.42. The summed E-state index contributed by atoms with van der Waals surface area (Å²) in [5.74, 6) is -0.160. The number of pyridine rings is 1. The zero-order valence-corrected chi connectivity index (χ0v) is 12.2. The zero-order chi connectivity index (χ0) is 14.2. The Balaban J connectivity index is 2.15. The van der Waals surface area contributed by atoms with E-state index in [-0.39, 0.29) is 23.5 Å². The molecule has 1 fully saturated rings. The highest BCUT2D eigenvalue weighted by Crippen LogP contribution is 2.24. The second kappa shape index (κ2) is 5.10. The van der Waals surface area contributed by atoms with Gasteiger partial charge in [0.15, 0.2) is 0 Å². The molecule has 0 bridgehead atoms. The van der Waals surface area contributed by atoms with Crippen LogP contribution < -0.4 is 5.32 Å². The fourth-order valence-corrected chi connectivity index (χ4v) is 2.20. The molecule has 1 saturated carbocycles. The fraction of sp³-hybridized carbons (Fsp3) is 0.571. The molecule has 0 aromatic carbocycles. The first kappa shape index (κ1) is 14.3. The number of nitrogens with one attached hydrogen (secondary N) is 1. The van der Waals surface area contributed by atoms with Crippen LogP contribution in [-0.4, -0.2) is 28.1 Å². The van der Waals surface area contributed by atoms with E-state index in [4.69, 9.17) is 11.6 Å². The minimum absolute atomic E-state index is 0.0625. The van der Waals surface area contributed by atoms with Crippen molar-refractivity contribution in [3.05, 3.63) is 28.5 Å². The van der Waals surface area contributed by atoms with Crippen molar-refractivity contribution >= 4 is 17.5 Å². The van der Waals surface area contributed by atoms with Gasteiger partial charge in [-0.3, -0.25) is 4.79 Å². The second-order valence-corrected chi connectivity index (χ2v) is 6.50. The van der Waals surface area contributed by atoms with Crippen LogP contribution in [0, 0.1) is 0 Å². The van der Waals surface area contributed by atoms with Crippen molar-refractivity contribution in [1.29, 1.82) is 0 Å². The average molecular weight is 283 g/mol. The van der Waals surface area contributed by atoms with Gasteiger partial charge in [0, 0.05) is 22.7 Å². The zero-order valence-electron chi connectivity index (χ0n) is 11.4. The van der Waals surface area contributed by atoms with E-state index in [9.17, 15) is 9.90 Å². The van der Waals surface area contributed by atoms with Crippen LogP contribution in [0.5, 0.6) is 0 Å². The van der Waals surface area contributed by atoms with Gasteiger partial charge >= 0.3 is 0 Å². The van der Waals surface area contributed by atoms with Gasteiger partial charge in [0.1, 0.15) is 5.15 Å². The molecule has 19 heavy (non-hydrogen) atoms. The number of aliphatic hydroxyl groups excluding tert-OH is 1. The minimum Gasteiger partial charge on any atom is -0.393 e. The third-order valence-corrected chi connectivity index (χ3v) is 3.47. The first-order valence-corrected chi connectivity index (χ1v) is 6.80. The molecular formula is C14H19ClN2O2. The Bertz CT molecular complexity index is 491. The lowest BCUT2D eigenvalue weighted by molar-refractivity contribution is 0.0562. The maximum absolute atomic E-state index is 12.1. The van der Waals surface area contributed by atoms with Gasteiger partial charge in [-0.1, -0.05) is 32.4 Å². The summed E-state index contributed by atoms with van der Waals surface area (Å²) in [6, 6.07) is 3.41. The maximum Gasteiger partial charge on any atom is 0.251 e. The van der Waals surface area contributed by atoms with Crippen LogP contribution >= 0.6 is 11.6 Å². The number of halogens is 1. The quantitative estimate of drug-likeness (QED) is 0.818. The number of hydrogen-bond acceptors (Lipinski definition) is 3. The molecule has 5 heteroatoms. The van der Waals surface area contributed by atoms with Gasteiger partial charge in [0.2, 0.25) is 0 Å². The van der Waals surface area contributed by atoms with Crippen molar-refractivity contribution in [2.75, 3.05) is 0 Å². The van der Waals surface area contributed by atoms with Gasteiger partial charge in [-0.15, -0.1) is 0 Å². The van der Waals surface area contributed by atoms with Gasteiger partial charge in [-0.2, -0.15) is 0 Å². The lowest BCUT2D eigenvalue weighted by Crippen LogP contribution is -2.46. The second-order valence-electron chi connectivity index (χ2n) is 6.11. The number of aliphatic hydroxyl groups is 1. The molecule has 0 aliphatic heterocycles. The standard InChI is InChI=1S/C14H19ClN2O2/c1-14(2,3)11-4-8(5-12(15)17-11)13(19)16-9-6-10(18)7-9/h4-5,9-10,18H,6-7H2,1-3H3,(H,16,19). The topological polar surface area (TPSA) is 62.2 Å². The van der Waals surface area contributed by atoms with Crippen molar-refractivity contribution < 1.29 is 9.90 Å². The van der Waals surface area contributed by atoms with Crippen LogP contribution in [0.3, 0.4) is 0 Å². The average Bonchev–Trinajstić information content (AvgIpc) is 2.24. The molecule has 1 aliphatic carbocycles. The first-order chi connectivity index (χ1) is 8.75. The normalized spacial score (nSPS) is 22.8. The van der Waals surface area contributed by atoms with Crippen LogP contribution in [-0.2, 0) is 5.41 Å². The van der Waals surface area contributed by atoms with Crippen molar-refractivity contribution in [1.82, 2.24) is 10.3 Å². The van der Waals surface area contributed by atoms with Gasteiger partial charge in [-0.05, 0) is 25.0 Å². The van der Waals surface area contributed by atoms with E-state index in [1.807, 2.05) is 20.8 Å². The number of carbonyl (C=O) groups is 1. The number of rotatable bonds is 2. The van der Waals surface area contributed by atoms with E-state index in [2.05, 4.69) is 10.3 Å². The summed E-state index contributed by atoms with van der Waals surface area (Å²) in [6.07, 6.45) is 0.962. The summed E-state index contributed by atoms with van der Waals surface area (Å²) < 4.78 is 0. The highest BCUT2D eigenvalue weighted by atomic mass is 35.5. The van der Waals surface area contributed by atoms with Crippen LogP contribution in [0.2, 0.25) is 5.15 Å². The SMILES string of the molecule is CC(C)(C)c1cc(C(=O)NC2CC(O)C2)cc(Cl)n1. The predicted molar refractivity (Wildman–Crippen MR) is 74.4 cm³/mol. The molecule has 1 aromatic heterocycles. The molecule has 0 atom stereocenters. The molecule has 1 heterocycles. The third-order valence-electron chi connectivity index (χ3n) is 3.27. The molecule has 2 rings (SSSR count). The van der Waals surface area contributed by atoms with E-state index in [0.717, 1.165) is 5.69 Å². The number of nitrogens with zero attached hydrogens (tertiary/aromatic N) is 1. The largest absolute Gasteiger partial charge is 0.393 e. The molecule has 1 amide bonds. The molecule has 0 saturated heterocycles. The minimum atomic E-state index is -0.281. The Morgan fingerprint density at radius 2 is 2.05 bits per heavy atom. The van der Waals surface area contributed by atoms with Gasteiger partial charge < -0.3 is 10.4 Å². The Kier molecular flexibility index (Phi) is 3.83. The summed E-state index contributed by atoms with van der Waals surface area (Å²) in [6.45, 7) is 6.07. The van der Waals surface area contributed by atoms with E-state index in [1.165, 1.54) is 0 Å². The number of aromatic nitrogens is 1. The lowest BCUT2D eigenvalue weighted by Gasteiger charge is -2.32. The predicted octanol–water partition coefficient (Wildman–Crippen LogP) is 2.29. The maximum atomic E-state index is 12.1. The summed E-state index contributed by atoms with van der Waals surface area (Å²) in [5.41, 5.74) is 1.15. The highest BCUT2D eigenvalue weighted by molar-refractivity contribution is 6.29. The van der Waals surface area contributed by atoms with Crippen LogP contribution in [0.15, 0.2) is 12.1 Å².